The number of benzene rings is 1. The Balaban J connectivity index is 2.28. The van der Waals surface area contributed by atoms with E-state index in [1.54, 1.807) is 0 Å². The van der Waals surface area contributed by atoms with Crippen molar-refractivity contribution in [3.8, 4) is 0 Å². The molecule has 1 aromatic rings. The van der Waals surface area contributed by atoms with Crippen molar-refractivity contribution in [2.45, 2.75) is 20.3 Å². The summed E-state index contributed by atoms with van der Waals surface area (Å²) in [4.78, 5) is 14.1. The fourth-order valence-electron chi connectivity index (χ4n) is 2.23. The summed E-state index contributed by atoms with van der Waals surface area (Å²) in [7, 11) is 0. The van der Waals surface area contributed by atoms with Gasteiger partial charge in [-0.15, -0.1) is 0 Å². The SMILES string of the molecule is CCC(=O)c1ccc(C)c(N2CCNCC2)c1. The Hall–Kier alpha value is -1.35. The van der Waals surface area contributed by atoms with E-state index in [-0.39, 0.29) is 5.78 Å². The third-order valence-electron chi connectivity index (χ3n) is 3.31. The molecular weight excluding hydrogens is 212 g/mol. The molecule has 0 spiro atoms. The summed E-state index contributed by atoms with van der Waals surface area (Å²) in [6.07, 6.45) is 0.573. The third kappa shape index (κ3) is 2.67. The number of ketones is 1. The number of nitrogens with one attached hydrogen (secondary N) is 1. The highest BCUT2D eigenvalue weighted by atomic mass is 16.1. The Morgan fingerprint density at radius 3 is 2.71 bits per heavy atom. The van der Waals surface area contributed by atoms with E-state index in [2.05, 4.69) is 23.2 Å². The van der Waals surface area contributed by atoms with Gasteiger partial charge in [0.05, 0.1) is 0 Å². The van der Waals surface area contributed by atoms with Gasteiger partial charge >= 0.3 is 0 Å². The van der Waals surface area contributed by atoms with E-state index >= 15 is 0 Å². The first kappa shape index (κ1) is 12.1. The topological polar surface area (TPSA) is 32.3 Å². The minimum absolute atomic E-state index is 0.224. The van der Waals surface area contributed by atoms with Crippen molar-refractivity contribution in [3.63, 3.8) is 0 Å². The lowest BCUT2D eigenvalue weighted by Gasteiger charge is -2.31. The molecule has 0 saturated carbocycles. The molecule has 0 aliphatic carbocycles. The normalized spacial score (nSPS) is 16.0. The molecule has 1 fully saturated rings. The van der Waals surface area contributed by atoms with Gasteiger partial charge in [-0.3, -0.25) is 4.79 Å². The van der Waals surface area contributed by atoms with Crippen LogP contribution in [0.5, 0.6) is 0 Å². The maximum atomic E-state index is 11.7. The molecule has 2 rings (SSSR count). The minimum atomic E-state index is 0.224. The summed E-state index contributed by atoms with van der Waals surface area (Å²) >= 11 is 0. The maximum Gasteiger partial charge on any atom is 0.162 e. The number of carbonyl (C=O) groups excluding carboxylic acids is 1. The quantitative estimate of drug-likeness (QED) is 0.809. The number of piperazine rings is 1. The molecule has 0 unspecified atom stereocenters. The summed E-state index contributed by atoms with van der Waals surface area (Å²) in [6.45, 7) is 8.09. The molecule has 0 radical (unpaired) electrons. The van der Waals surface area contributed by atoms with Gasteiger partial charge in [0, 0.05) is 43.9 Å². The molecule has 1 aliphatic heterocycles. The number of Topliss-reactive ketones (excluding diaryl/α,β-unsaturated/α-hetero) is 1. The molecule has 3 nitrogen and oxygen atoms in total. The number of carbonyl (C=O) groups is 1. The van der Waals surface area contributed by atoms with Gasteiger partial charge in [0.2, 0.25) is 0 Å². The Morgan fingerprint density at radius 2 is 2.06 bits per heavy atom. The Morgan fingerprint density at radius 1 is 1.35 bits per heavy atom. The molecule has 0 atom stereocenters. The highest BCUT2D eigenvalue weighted by Crippen LogP contribution is 2.22. The van der Waals surface area contributed by atoms with Gasteiger partial charge in [-0.05, 0) is 18.6 Å². The highest BCUT2D eigenvalue weighted by molar-refractivity contribution is 5.96. The van der Waals surface area contributed by atoms with Crippen molar-refractivity contribution in [2.24, 2.45) is 0 Å². The minimum Gasteiger partial charge on any atom is -0.369 e. The third-order valence-corrected chi connectivity index (χ3v) is 3.31. The van der Waals surface area contributed by atoms with E-state index in [9.17, 15) is 4.79 Å². The summed E-state index contributed by atoms with van der Waals surface area (Å²) in [5, 5.41) is 3.34. The van der Waals surface area contributed by atoms with Crippen molar-refractivity contribution >= 4 is 11.5 Å². The number of anilines is 1. The van der Waals surface area contributed by atoms with Gasteiger partial charge in [0.25, 0.3) is 0 Å². The maximum absolute atomic E-state index is 11.7. The zero-order valence-electron chi connectivity index (χ0n) is 10.6. The summed E-state index contributed by atoms with van der Waals surface area (Å²) in [5.74, 6) is 0.224. The van der Waals surface area contributed by atoms with Crippen molar-refractivity contribution in [3.05, 3.63) is 29.3 Å². The molecule has 1 N–H and O–H groups in total. The van der Waals surface area contributed by atoms with Crippen LogP contribution in [0, 0.1) is 6.92 Å². The zero-order chi connectivity index (χ0) is 12.3. The first-order valence-electron chi connectivity index (χ1n) is 6.32. The smallest absolute Gasteiger partial charge is 0.162 e. The number of rotatable bonds is 3. The summed E-state index contributed by atoms with van der Waals surface area (Å²) in [5.41, 5.74) is 3.30. The molecule has 0 bridgehead atoms. The zero-order valence-corrected chi connectivity index (χ0v) is 10.6. The van der Waals surface area contributed by atoms with Crippen LogP contribution in [0.1, 0.15) is 29.3 Å². The van der Waals surface area contributed by atoms with Crippen molar-refractivity contribution in [1.29, 1.82) is 0 Å². The standard InChI is InChI=1S/C14H20N2O/c1-3-14(17)12-5-4-11(2)13(10-12)16-8-6-15-7-9-16/h4-5,10,15H,3,6-9H2,1-2H3. The van der Waals surface area contributed by atoms with Gasteiger partial charge in [0.1, 0.15) is 0 Å². The summed E-state index contributed by atoms with van der Waals surface area (Å²) in [6, 6.07) is 6.04. The molecule has 1 aromatic carbocycles. The van der Waals surface area contributed by atoms with E-state index in [0.29, 0.717) is 6.42 Å². The predicted molar refractivity (Wildman–Crippen MR) is 70.9 cm³/mol. The lowest BCUT2D eigenvalue weighted by atomic mass is 10.0. The van der Waals surface area contributed by atoms with Crippen LogP contribution in [0.3, 0.4) is 0 Å². The van der Waals surface area contributed by atoms with Crippen LogP contribution in [0.25, 0.3) is 0 Å². The van der Waals surface area contributed by atoms with E-state index < -0.39 is 0 Å². The second-order valence-electron chi connectivity index (χ2n) is 4.52. The van der Waals surface area contributed by atoms with E-state index in [0.717, 1.165) is 31.7 Å². The molecular formula is C14H20N2O. The molecule has 3 heteroatoms. The van der Waals surface area contributed by atoms with Gasteiger partial charge in [-0.25, -0.2) is 0 Å². The van der Waals surface area contributed by atoms with E-state index in [1.165, 1.54) is 11.3 Å². The Bertz CT molecular complexity index is 409. The van der Waals surface area contributed by atoms with Crippen LogP contribution in [0.15, 0.2) is 18.2 Å². The fraction of sp³-hybridized carbons (Fsp3) is 0.500. The van der Waals surface area contributed by atoms with Crippen LogP contribution in [-0.4, -0.2) is 32.0 Å². The van der Waals surface area contributed by atoms with Crippen LogP contribution in [0.4, 0.5) is 5.69 Å². The number of aryl methyl sites for hydroxylation is 1. The average Bonchev–Trinajstić information content (AvgIpc) is 2.39. The number of hydrogen-bond donors (Lipinski definition) is 1. The molecule has 17 heavy (non-hydrogen) atoms. The Kier molecular flexibility index (Phi) is 3.79. The van der Waals surface area contributed by atoms with Gasteiger partial charge < -0.3 is 10.2 Å². The average molecular weight is 232 g/mol. The summed E-state index contributed by atoms with van der Waals surface area (Å²) < 4.78 is 0. The van der Waals surface area contributed by atoms with Crippen LogP contribution in [-0.2, 0) is 0 Å². The first-order chi connectivity index (χ1) is 8.22. The largest absolute Gasteiger partial charge is 0.369 e. The number of hydrogen-bond acceptors (Lipinski definition) is 3. The van der Waals surface area contributed by atoms with Crippen molar-refractivity contribution in [1.82, 2.24) is 5.32 Å². The second kappa shape index (κ2) is 5.32. The fourth-order valence-corrected chi connectivity index (χ4v) is 2.23. The number of nitrogens with zero attached hydrogens (tertiary/aromatic N) is 1. The molecule has 1 heterocycles. The van der Waals surface area contributed by atoms with Gasteiger partial charge in [0.15, 0.2) is 5.78 Å². The van der Waals surface area contributed by atoms with Gasteiger partial charge in [-0.1, -0.05) is 19.1 Å². The monoisotopic (exact) mass is 232 g/mol. The van der Waals surface area contributed by atoms with Crippen LogP contribution in [0.2, 0.25) is 0 Å². The van der Waals surface area contributed by atoms with Crippen LogP contribution < -0.4 is 10.2 Å². The molecule has 0 aromatic heterocycles. The van der Waals surface area contributed by atoms with Gasteiger partial charge in [-0.2, -0.15) is 0 Å². The van der Waals surface area contributed by atoms with E-state index in [1.807, 2.05) is 19.1 Å². The first-order valence-corrected chi connectivity index (χ1v) is 6.32. The van der Waals surface area contributed by atoms with Crippen LogP contribution >= 0.6 is 0 Å². The highest BCUT2D eigenvalue weighted by Gasteiger charge is 2.14. The lowest BCUT2D eigenvalue weighted by molar-refractivity contribution is 0.0988. The van der Waals surface area contributed by atoms with Crippen molar-refractivity contribution in [2.75, 3.05) is 31.1 Å². The predicted octanol–water partition coefficient (Wildman–Crippen LogP) is 2.00. The van der Waals surface area contributed by atoms with Crippen molar-refractivity contribution < 1.29 is 4.79 Å². The second-order valence-corrected chi connectivity index (χ2v) is 4.52. The lowest BCUT2D eigenvalue weighted by Crippen LogP contribution is -2.43. The molecule has 92 valence electrons. The molecule has 1 aliphatic rings. The molecule has 1 saturated heterocycles. The molecule has 0 amide bonds. The Labute approximate surface area is 103 Å². The van der Waals surface area contributed by atoms with E-state index in [4.69, 9.17) is 0 Å².